The summed E-state index contributed by atoms with van der Waals surface area (Å²) in [5, 5.41) is 150. The maximum absolute atomic E-state index is 12.1. The number of rotatable bonds is 26. The van der Waals surface area contributed by atoms with E-state index in [1.807, 2.05) is 13.8 Å². The fourth-order valence-corrected chi connectivity index (χ4v) is 14.0. The molecule has 2 aromatic rings. The Kier molecular flexibility index (Phi) is 26.9. The first-order valence-corrected chi connectivity index (χ1v) is 33.8. The van der Waals surface area contributed by atoms with E-state index in [-0.39, 0.29) is 52.1 Å². The van der Waals surface area contributed by atoms with E-state index >= 15 is 0 Å². The van der Waals surface area contributed by atoms with Crippen molar-refractivity contribution in [1.82, 2.24) is 30.0 Å². The third kappa shape index (κ3) is 17.0. The summed E-state index contributed by atoms with van der Waals surface area (Å²) in [5.74, 6) is 0. The summed E-state index contributed by atoms with van der Waals surface area (Å²) in [4.78, 5) is 0. The Morgan fingerprint density at radius 1 is 0.360 bits per heavy atom. The van der Waals surface area contributed by atoms with E-state index < -0.39 is 233 Å². The molecule has 2 saturated carbocycles. The van der Waals surface area contributed by atoms with Crippen molar-refractivity contribution >= 4 is 0 Å². The Morgan fingerprint density at radius 2 is 0.630 bits per heavy atom. The topological polar surface area (TPSA) is 727 Å². The Labute approximate surface area is 574 Å². The second-order valence-electron chi connectivity index (χ2n) is 27.6. The minimum atomic E-state index is -1.69. The largest absolute Gasteiger partial charge is 0.389 e. The molecule has 6 aliphatic heterocycles. The summed E-state index contributed by atoms with van der Waals surface area (Å²) in [5.41, 5.74) is 77.4. The number of allylic oxidation sites excluding steroid dienone is 2. The first-order chi connectivity index (χ1) is 47.5. The van der Waals surface area contributed by atoms with Gasteiger partial charge in [-0.25, -0.2) is 9.36 Å². The smallest absolute Gasteiger partial charge is 0.187 e. The minimum Gasteiger partial charge on any atom is -0.389 e. The quantitative estimate of drug-likeness (QED) is 0.0389. The van der Waals surface area contributed by atoms with E-state index in [0.717, 1.165) is 11.1 Å². The average Bonchev–Trinajstić information content (AvgIpc) is 1.58. The van der Waals surface area contributed by atoms with E-state index in [2.05, 4.69) is 20.6 Å². The molecule has 6 saturated heterocycles. The van der Waals surface area contributed by atoms with Gasteiger partial charge in [0.2, 0.25) is 0 Å². The van der Waals surface area contributed by atoms with Crippen LogP contribution in [0.1, 0.15) is 50.9 Å². The van der Waals surface area contributed by atoms with E-state index in [9.17, 15) is 61.3 Å². The van der Waals surface area contributed by atoms with Crippen LogP contribution in [-0.2, 0) is 82.8 Å². The lowest BCUT2D eigenvalue weighted by molar-refractivity contribution is -0.306. The summed E-state index contributed by atoms with van der Waals surface area (Å²) < 4.78 is 76.7. The summed E-state index contributed by atoms with van der Waals surface area (Å²) >= 11 is 0. The molecule has 10 rings (SSSR count). The third-order valence-electron chi connectivity index (χ3n) is 20.5. The molecule has 0 amide bonds. The van der Waals surface area contributed by atoms with E-state index in [4.69, 9.17) is 126 Å². The van der Waals surface area contributed by atoms with Crippen molar-refractivity contribution in [3.63, 3.8) is 0 Å². The van der Waals surface area contributed by atoms with Crippen LogP contribution >= 0.6 is 0 Å². The zero-order valence-corrected chi connectivity index (χ0v) is 55.5. The molecule has 0 spiro atoms. The van der Waals surface area contributed by atoms with Crippen LogP contribution in [-0.4, -0.2) is 350 Å². The van der Waals surface area contributed by atoms with Gasteiger partial charge in [-0.1, -0.05) is 21.6 Å². The van der Waals surface area contributed by atoms with Gasteiger partial charge in [-0.3, -0.25) is 0 Å². The molecule has 36 N–H and O–H groups in total. The highest BCUT2D eigenvalue weighted by molar-refractivity contribution is 5.14. The van der Waals surface area contributed by atoms with Gasteiger partial charge in [0.15, 0.2) is 37.7 Å². The van der Waals surface area contributed by atoms with E-state index in [1.165, 1.54) is 9.36 Å². The van der Waals surface area contributed by atoms with Crippen molar-refractivity contribution < 1.29 is 118 Å². The minimum absolute atomic E-state index is 0.0265. The second kappa shape index (κ2) is 34.0. The molecule has 38 atom stereocenters. The van der Waals surface area contributed by atoms with Gasteiger partial charge in [0.05, 0.1) is 60.9 Å². The van der Waals surface area contributed by atoms with Crippen molar-refractivity contribution in [1.29, 1.82) is 0 Å². The molecule has 2 aliphatic carbocycles. The van der Waals surface area contributed by atoms with Crippen LogP contribution in [0.4, 0.5) is 0 Å². The maximum atomic E-state index is 12.1. The van der Waals surface area contributed by atoms with E-state index in [0.29, 0.717) is 37.1 Å². The standard InChI is InChI=1S/C58H106N18O24/c1-17(3-5-19-13-75(73-71-19)15-29-49(97-55-33(69)43(85)39(81)27(11-61)91-55)45(87)57(93-29)99-51-35(77)21(63)7-23(65)47(51)95-53-31(67)41(83)37(79)25(9-59)89-53)18(2)4-6-20-14-76(74-72-20)16-30-50(98-56-34(70)44(86)40(82)28(12-62)92-56)46(88)58(94-30)100-52-36(78)22(64)8-24(66)48(52)96-54-32(68)42(84)38(80)26(10-60)90-54/h13-14,21-58,77-88H,3-12,15-16,59-70H2,1-2H3/b18-17+/t21-,22-,23+,24+,25-,26-,27+,28+,29-,30-,31-,32-,33-,34-,35+,36+,37-,38-,39-,40-,41-,42-,43-,44-,45-,46-,47-,48-,49-,50-,51-,52-,53-,54-,55-,56-,57+,58+/m1/s1. The molecule has 8 aliphatic rings. The van der Waals surface area contributed by atoms with Crippen molar-refractivity contribution in [3.8, 4) is 0 Å². The van der Waals surface area contributed by atoms with Gasteiger partial charge in [0, 0.05) is 62.7 Å². The molecular formula is C58H106N18O24. The summed E-state index contributed by atoms with van der Waals surface area (Å²) in [6.45, 7) is 2.80. The molecule has 8 fully saturated rings. The van der Waals surface area contributed by atoms with Crippen molar-refractivity contribution in [3.05, 3.63) is 34.9 Å². The van der Waals surface area contributed by atoms with Crippen LogP contribution < -0.4 is 68.8 Å². The third-order valence-corrected chi connectivity index (χ3v) is 20.5. The summed E-state index contributed by atoms with van der Waals surface area (Å²) in [7, 11) is 0. The molecule has 0 radical (unpaired) electrons. The Morgan fingerprint density at radius 3 is 0.920 bits per heavy atom. The molecule has 42 nitrogen and oxygen atoms in total. The number of ether oxygens (including phenoxy) is 12. The van der Waals surface area contributed by atoms with Gasteiger partial charge in [-0.05, 0) is 52.4 Å². The zero-order chi connectivity index (χ0) is 72.6. The summed E-state index contributed by atoms with van der Waals surface area (Å²) in [6, 6.07) is -9.07. The van der Waals surface area contributed by atoms with Crippen LogP contribution in [0.15, 0.2) is 23.5 Å². The van der Waals surface area contributed by atoms with Crippen LogP contribution in [0.2, 0.25) is 0 Å². The molecule has 0 unspecified atom stereocenters. The average molecular weight is 1440 g/mol. The number of aliphatic hydroxyl groups excluding tert-OH is 12. The van der Waals surface area contributed by atoms with Crippen LogP contribution in [0.25, 0.3) is 0 Å². The van der Waals surface area contributed by atoms with Gasteiger partial charge >= 0.3 is 0 Å². The second-order valence-corrected chi connectivity index (χ2v) is 27.6. The fourth-order valence-electron chi connectivity index (χ4n) is 14.0. The van der Waals surface area contributed by atoms with Crippen LogP contribution in [0.5, 0.6) is 0 Å². The molecule has 2 aromatic heterocycles. The van der Waals surface area contributed by atoms with Gasteiger partial charge in [0.25, 0.3) is 0 Å². The predicted octanol–water partition coefficient (Wildman–Crippen LogP) is -15.0. The number of aromatic nitrogens is 6. The normalized spacial score (nSPS) is 47.6. The Balaban J connectivity index is 0.791. The number of hydrogen-bond acceptors (Lipinski definition) is 40. The van der Waals surface area contributed by atoms with Gasteiger partial charge in [-0.2, -0.15) is 0 Å². The molecule has 42 heteroatoms. The highest BCUT2D eigenvalue weighted by Gasteiger charge is 2.58. The Bertz CT molecular complexity index is 2740. The van der Waals surface area contributed by atoms with Gasteiger partial charge in [0.1, 0.15) is 134 Å². The highest BCUT2D eigenvalue weighted by atomic mass is 16.8. The van der Waals surface area contributed by atoms with Crippen molar-refractivity contribution in [2.75, 3.05) is 26.2 Å². The lowest BCUT2D eigenvalue weighted by atomic mass is 9.84. The van der Waals surface area contributed by atoms with Crippen molar-refractivity contribution in [2.24, 2.45) is 68.8 Å². The van der Waals surface area contributed by atoms with Crippen molar-refractivity contribution in [2.45, 2.75) is 298 Å². The molecule has 100 heavy (non-hydrogen) atoms. The number of nitrogens with two attached hydrogens (primary N) is 12. The number of nitrogens with zero attached hydrogens (tertiary/aromatic N) is 6. The predicted molar refractivity (Wildman–Crippen MR) is 338 cm³/mol. The lowest BCUT2D eigenvalue weighted by Crippen LogP contribution is -2.68. The molecule has 0 aromatic carbocycles. The Hall–Kier alpha value is -3.42. The first-order valence-electron chi connectivity index (χ1n) is 33.8. The molecular weight excluding hydrogens is 1330 g/mol. The first kappa shape index (κ1) is 79.2. The maximum Gasteiger partial charge on any atom is 0.187 e. The van der Waals surface area contributed by atoms with E-state index in [1.54, 1.807) is 12.4 Å². The van der Waals surface area contributed by atoms with Gasteiger partial charge < -0.3 is 187 Å². The van der Waals surface area contributed by atoms with Crippen LogP contribution in [0.3, 0.4) is 0 Å². The lowest BCUT2D eigenvalue weighted by Gasteiger charge is -2.47. The number of aliphatic hydroxyl groups is 12. The number of hydrogen-bond donors (Lipinski definition) is 24. The molecule has 8 heterocycles. The molecule has 572 valence electrons. The number of aryl methyl sites for hydroxylation is 2. The highest BCUT2D eigenvalue weighted by Crippen LogP contribution is 2.38. The van der Waals surface area contributed by atoms with Crippen LogP contribution in [0, 0.1) is 0 Å². The SMILES string of the molecule is C/C(CCc1cn(C[C@H]2O[C@@H](O[C@@H]3[C@@H](O)[C@H](N)C[C@H](N)[C@H]3O[C@H]3O[C@H](CN)[C@@H](O)[C@H](O)[C@H]3N)[C@H](O)[C@@H]2O[C@H]2O[C@@H](CN)[C@@H](O)[C@H](O)[C@H]2N)nn1)=C(/C)CCc1cn(C[C@H]2O[C@@H](O[C@@H]3[C@@H](O)[C@H](N)C[C@H](N)[C@H]3O[C@H]3O[C@H](CN)[C@@H](O)[C@H](O)[C@H]3N)[C@H](O)[C@@H]2O[C@H]2O[C@@H](CN)[C@@H](O)[C@H](O)[C@H]2N)nn1. The summed E-state index contributed by atoms with van der Waals surface area (Å²) in [6.07, 6.45) is -36.7. The molecule has 0 bridgehead atoms. The zero-order valence-electron chi connectivity index (χ0n) is 55.5. The monoisotopic (exact) mass is 1440 g/mol. The fraction of sp³-hybridized carbons (Fsp3) is 0.897. The van der Waals surface area contributed by atoms with Gasteiger partial charge in [-0.15, -0.1) is 10.2 Å².